The molecule has 0 radical (unpaired) electrons. The molecule has 0 unspecified atom stereocenters. The second-order valence-corrected chi connectivity index (χ2v) is 5.79. The Labute approximate surface area is 141 Å². The number of unbranched alkanes of at least 4 members (excludes halogenated alkanes) is 1. The van der Waals surface area contributed by atoms with Crippen molar-refractivity contribution in [1.82, 2.24) is 25.7 Å². The van der Waals surface area contributed by atoms with Gasteiger partial charge >= 0.3 is 6.03 Å². The zero-order chi connectivity index (χ0) is 17.4. The predicted molar refractivity (Wildman–Crippen MR) is 86.9 cm³/mol. The van der Waals surface area contributed by atoms with Gasteiger partial charge in [-0.1, -0.05) is 6.42 Å². The summed E-state index contributed by atoms with van der Waals surface area (Å²) in [6.45, 7) is 3.02. The summed E-state index contributed by atoms with van der Waals surface area (Å²) in [7, 11) is 0. The van der Waals surface area contributed by atoms with Crippen molar-refractivity contribution in [2.75, 3.05) is 39.3 Å². The summed E-state index contributed by atoms with van der Waals surface area (Å²) in [6, 6.07) is -1.38. The number of nitrogens with two attached hydrogens (primary N) is 2. The Bertz CT molecular complexity index is 504. The molecule has 2 atom stereocenters. The molecule has 0 aromatic carbocycles. The lowest BCUT2D eigenvalue weighted by molar-refractivity contribution is 0.169. The third-order valence-electron chi connectivity index (χ3n) is 3.93. The van der Waals surface area contributed by atoms with Crippen molar-refractivity contribution in [1.29, 1.82) is 0 Å². The van der Waals surface area contributed by atoms with E-state index in [1.165, 1.54) is 0 Å². The summed E-state index contributed by atoms with van der Waals surface area (Å²) < 4.78 is 5.53. The summed E-state index contributed by atoms with van der Waals surface area (Å²) in [5.74, 6) is 0.460. The highest BCUT2D eigenvalue weighted by atomic mass is 16.4. The second-order valence-electron chi connectivity index (χ2n) is 5.79. The number of rotatable bonds is 8. The van der Waals surface area contributed by atoms with Crippen molar-refractivity contribution in [3.8, 4) is 0 Å². The van der Waals surface area contributed by atoms with Crippen LogP contribution in [0.2, 0.25) is 0 Å². The van der Waals surface area contributed by atoms with E-state index < -0.39 is 6.04 Å². The molecule has 1 aromatic heterocycles. The number of piperazine rings is 1. The minimum absolute atomic E-state index is 0.158. The lowest BCUT2D eigenvalue weighted by Crippen LogP contribution is -2.51. The Morgan fingerprint density at radius 1 is 1.33 bits per heavy atom. The molecular weight excluding hydrogens is 314 g/mol. The molecule has 10 nitrogen and oxygen atoms in total. The van der Waals surface area contributed by atoms with Crippen molar-refractivity contribution in [3.05, 3.63) is 11.8 Å². The van der Waals surface area contributed by atoms with Crippen LogP contribution < -0.4 is 22.1 Å². The van der Waals surface area contributed by atoms with Gasteiger partial charge < -0.3 is 36.5 Å². The Kier molecular flexibility index (Phi) is 7.37. The molecule has 1 aliphatic rings. The van der Waals surface area contributed by atoms with Gasteiger partial charge in [-0.15, -0.1) is 10.2 Å². The number of aliphatic hydroxyl groups excluding tert-OH is 1. The van der Waals surface area contributed by atoms with Crippen LogP contribution in [0.15, 0.2) is 4.42 Å². The number of amides is 2. The van der Waals surface area contributed by atoms with Crippen LogP contribution >= 0.6 is 0 Å². The van der Waals surface area contributed by atoms with Crippen LogP contribution in [0.5, 0.6) is 0 Å². The smallest absolute Gasteiger partial charge is 0.318 e. The molecule has 136 valence electrons. The topological polar surface area (TPSA) is 156 Å². The van der Waals surface area contributed by atoms with Crippen molar-refractivity contribution in [2.45, 2.75) is 31.3 Å². The first-order valence-electron chi connectivity index (χ1n) is 8.31. The Balaban J connectivity index is 1.91. The van der Waals surface area contributed by atoms with Gasteiger partial charge in [-0.25, -0.2) is 4.79 Å². The highest BCUT2D eigenvalue weighted by molar-refractivity contribution is 5.74. The molecule has 2 heterocycles. The Morgan fingerprint density at radius 3 is 2.71 bits per heavy atom. The first-order valence-corrected chi connectivity index (χ1v) is 8.31. The molecule has 1 saturated heterocycles. The van der Waals surface area contributed by atoms with E-state index in [-0.39, 0.29) is 24.6 Å². The number of aliphatic hydroxyl groups is 1. The van der Waals surface area contributed by atoms with Gasteiger partial charge in [-0.3, -0.25) is 0 Å². The van der Waals surface area contributed by atoms with E-state index in [1.807, 2.05) is 0 Å². The van der Waals surface area contributed by atoms with Gasteiger partial charge in [0.1, 0.15) is 6.04 Å². The van der Waals surface area contributed by atoms with Crippen LogP contribution in [0, 0.1) is 0 Å². The largest absolute Gasteiger partial charge is 0.421 e. The number of nitrogens with one attached hydrogen (secondary N) is 2. The normalized spacial score (nSPS) is 17.5. The quantitative estimate of drug-likeness (QED) is 0.371. The molecule has 0 saturated carbocycles. The molecule has 0 spiro atoms. The molecule has 1 aliphatic heterocycles. The van der Waals surface area contributed by atoms with Crippen molar-refractivity contribution in [3.63, 3.8) is 0 Å². The second kappa shape index (κ2) is 9.52. The van der Waals surface area contributed by atoms with Crippen LogP contribution in [-0.2, 0) is 0 Å². The molecule has 0 aliphatic carbocycles. The first kappa shape index (κ1) is 18.6. The van der Waals surface area contributed by atoms with Gasteiger partial charge in [-0.05, 0) is 19.4 Å². The lowest BCUT2D eigenvalue weighted by Gasteiger charge is -2.28. The van der Waals surface area contributed by atoms with Crippen LogP contribution in [-0.4, -0.2) is 65.6 Å². The van der Waals surface area contributed by atoms with E-state index in [9.17, 15) is 9.90 Å². The number of urea groups is 1. The molecule has 10 heteroatoms. The monoisotopic (exact) mass is 341 g/mol. The molecule has 2 rings (SSSR count). The maximum absolute atomic E-state index is 12.2. The van der Waals surface area contributed by atoms with Gasteiger partial charge in [0.15, 0.2) is 0 Å². The number of hydrogen-bond acceptors (Lipinski definition) is 8. The molecular formula is C14H27N7O3. The van der Waals surface area contributed by atoms with Crippen molar-refractivity contribution < 1.29 is 14.3 Å². The van der Waals surface area contributed by atoms with Crippen LogP contribution in [0.1, 0.15) is 43.1 Å². The van der Waals surface area contributed by atoms with Crippen molar-refractivity contribution in [2.24, 2.45) is 11.5 Å². The molecule has 2 amide bonds. The van der Waals surface area contributed by atoms with E-state index in [0.29, 0.717) is 31.9 Å². The average Bonchev–Trinajstić information content (AvgIpc) is 3.10. The SMILES string of the molecule is NCCCC[C@H](N)c1nnc([C@H](CO)NC(=O)N2CCNCC2)o1. The summed E-state index contributed by atoms with van der Waals surface area (Å²) >= 11 is 0. The molecule has 0 bridgehead atoms. The van der Waals surface area contributed by atoms with E-state index in [4.69, 9.17) is 15.9 Å². The lowest BCUT2D eigenvalue weighted by atomic mass is 10.1. The minimum atomic E-state index is -0.745. The molecule has 7 N–H and O–H groups in total. The zero-order valence-electron chi connectivity index (χ0n) is 13.8. The summed E-state index contributed by atoms with van der Waals surface area (Å²) in [6.07, 6.45) is 2.45. The molecule has 1 fully saturated rings. The van der Waals surface area contributed by atoms with Crippen molar-refractivity contribution >= 4 is 6.03 Å². The number of carbonyl (C=O) groups excluding carboxylic acids is 1. The van der Waals surface area contributed by atoms with E-state index in [1.54, 1.807) is 4.90 Å². The average molecular weight is 341 g/mol. The van der Waals surface area contributed by atoms with Gasteiger partial charge in [0.25, 0.3) is 0 Å². The Hall–Kier alpha value is -1.75. The maximum Gasteiger partial charge on any atom is 0.318 e. The van der Waals surface area contributed by atoms with Gasteiger partial charge in [0.05, 0.1) is 12.6 Å². The van der Waals surface area contributed by atoms with E-state index >= 15 is 0 Å². The minimum Gasteiger partial charge on any atom is -0.421 e. The zero-order valence-corrected chi connectivity index (χ0v) is 13.8. The van der Waals surface area contributed by atoms with Gasteiger partial charge in [0.2, 0.25) is 11.8 Å². The van der Waals surface area contributed by atoms with Gasteiger partial charge in [0, 0.05) is 26.2 Å². The van der Waals surface area contributed by atoms with Gasteiger partial charge in [-0.2, -0.15) is 0 Å². The highest BCUT2D eigenvalue weighted by Gasteiger charge is 2.25. The predicted octanol–water partition coefficient (Wildman–Crippen LogP) is -1.15. The molecule has 24 heavy (non-hydrogen) atoms. The third-order valence-corrected chi connectivity index (χ3v) is 3.93. The number of hydrogen-bond donors (Lipinski definition) is 5. The highest BCUT2D eigenvalue weighted by Crippen LogP contribution is 2.18. The van der Waals surface area contributed by atoms with Crippen LogP contribution in [0.25, 0.3) is 0 Å². The van der Waals surface area contributed by atoms with E-state index in [0.717, 1.165) is 25.9 Å². The number of aromatic nitrogens is 2. The number of nitrogens with zero attached hydrogens (tertiary/aromatic N) is 3. The fourth-order valence-corrected chi connectivity index (χ4v) is 2.46. The summed E-state index contributed by atoms with van der Waals surface area (Å²) in [5, 5.41) is 23.2. The number of carbonyl (C=O) groups is 1. The van der Waals surface area contributed by atoms with E-state index in [2.05, 4.69) is 20.8 Å². The van der Waals surface area contributed by atoms with Crippen LogP contribution in [0.3, 0.4) is 0 Å². The fraction of sp³-hybridized carbons (Fsp3) is 0.786. The summed E-state index contributed by atoms with van der Waals surface area (Å²) in [5.41, 5.74) is 11.5. The Morgan fingerprint density at radius 2 is 2.04 bits per heavy atom. The molecule has 1 aromatic rings. The summed E-state index contributed by atoms with van der Waals surface area (Å²) in [4.78, 5) is 13.9. The van der Waals surface area contributed by atoms with Crippen LogP contribution in [0.4, 0.5) is 4.79 Å². The first-order chi connectivity index (χ1) is 11.7. The maximum atomic E-state index is 12.2. The fourth-order valence-electron chi connectivity index (χ4n) is 2.46. The standard InChI is InChI=1S/C14H27N7O3/c15-4-2-1-3-10(16)12-19-20-13(24-12)11(9-22)18-14(23)21-7-5-17-6-8-21/h10-11,17,22H,1-9,15-16H2,(H,18,23)/t10-,11-/m0/s1. The third kappa shape index (κ3) is 5.13.